The normalized spacial score (nSPS) is 10.3. The average molecular weight is 340 g/mol. The molecule has 0 aliphatic rings. The molecule has 1 amide bonds. The molecular formula is C19H17FN2O3. The van der Waals surface area contributed by atoms with Gasteiger partial charge < -0.3 is 14.8 Å². The van der Waals surface area contributed by atoms with Crippen LogP contribution in [0.2, 0.25) is 0 Å². The summed E-state index contributed by atoms with van der Waals surface area (Å²) in [5, 5.41) is 11.2. The third-order valence-electron chi connectivity index (χ3n) is 3.35. The van der Waals surface area contributed by atoms with Crippen molar-refractivity contribution >= 4 is 17.7 Å². The Labute approximate surface area is 145 Å². The highest BCUT2D eigenvalue weighted by Crippen LogP contribution is 2.28. The highest BCUT2D eigenvalue weighted by Gasteiger charge is 2.06. The molecule has 128 valence electrons. The Kier molecular flexibility index (Phi) is 6.13. The fourth-order valence-electron chi connectivity index (χ4n) is 2.13. The predicted octanol–water partition coefficient (Wildman–Crippen LogP) is 3.70. The average Bonchev–Trinajstić information content (AvgIpc) is 2.60. The van der Waals surface area contributed by atoms with Gasteiger partial charge in [0, 0.05) is 11.8 Å². The molecule has 2 aromatic rings. The summed E-state index contributed by atoms with van der Waals surface area (Å²) in [5.41, 5.74) is 1.92. The second-order valence-electron chi connectivity index (χ2n) is 5.14. The maximum absolute atomic E-state index is 13.1. The molecule has 0 heterocycles. The Hall–Kier alpha value is -3.33. The molecule has 0 spiro atoms. The molecule has 0 saturated heterocycles. The summed E-state index contributed by atoms with van der Waals surface area (Å²) in [7, 11) is 1.49. The summed E-state index contributed by atoms with van der Waals surface area (Å²) >= 11 is 0. The first-order chi connectivity index (χ1) is 12.0. The van der Waals surface area contributed by atoms with Crippen LogP contribution in [0.1, 0.15) is 11.1 Å². The van der Waals surface area contributed by atoms with E-state index in [2.05, 4.69) is 5.32 Å². The van der Waals surface area contributed by atoms with Gasteiger partial charge in [-0.1, -0.05) is 6.07 Å². The molecule has 6 heteroatoms. The maximum atomic E-state index is 13.1. The number of amides is 1. The third-order valence-corrected chi connectivity index (χ3v) is 3.35. The number of nitrogens with zero attached hydrogens (tertiary/aromatic N) is 1. The smallest absolute Gasteiger partial charge is 0.248 e. The van der Waals surface area contributed by atoms with Crippen molar-refractivity contribution in [3.8, 4) is 17.6 Å². The van der Waals surface area contributed by atoms with Crippen LogP contribution >= 0.6 is 0 Å². The van der Waals surface area contributed by atoms with E-state index in [-0.39, 0.29) is 18.3 Å². The molecule has 0 unspecified atom stereocenters. The van der Waals surface area contributed by atoms with Gasteiger partial charge in [-0.05, 0) is 54.5 Å². The van der Waals surface area contributed by atoms with Gasteiger partial charge in [0.25, 0.3) is 0 Å². The van der Waals surface area contributed by atoms with Crippen molar-refractivity contribution in [3.05, 3.63) is 59.4 Å². The van der Waals surface area contributed by atoms with Gasteiger partial charge in [-0.15, -0.1) is 0 Å². The molecule has 0 fully saturated rings. The number of carbonyl (C=O) groups excluding carboxylic acids is 1. The molecule has 2 aromatic carbocycles. The van der Waals surface area contributed by atoms with E-state index in [9.17, 15) is 9.18 Å². The molecule has 0 aromatic heterocycles. The monoisotopic (exact) mass is 340 g/mol. The van der Waals surface area contributed by atoms with Crippen LogP contribution in [0.25, 0.3) is 6.08 Å². The number of hydrogen-bond acceptors (Lipinski definition) is 4. The first kappa shape index (κ1) is 18.0. The molecule has 1 N–H and O–H groups in total. The van der Waals surface area contributed by atoms with E-state index in [0.29, 0.717) is 22.7 Å². The first-order valence-corrected chi connectivity index (χ1v) is 7.46. The largest absolute Gasteiger partial charge is 0.493 e. The van der Waals surface area contributed by atoms with Gasteiger partial charge in [0.15, 0.2) is 18.1 Å². The zero-order chi connectivity index (χ0) is 18.2. The van der Waals surface area contributed by atoms with Gasteiger partial charge in [0.05, 0.1) is 7.11 Å². The SMILES string of the molecule is COc1cc(/C=C/C(=O)Nc2ccc(F)cc2C)ccc1OCC#N. The van der Waals surface area contributed by atoms with Crippen molar-refractivity contribution in [2.75, 3.05) is 19.0 Å². The Morgan fingerprint density at radius 2 is 2.08 bits per heavy atom. The van der Waals surface area contributed by atoms with E-state index in [1.807, 2.05) is 6.07 Å². The second-order valence-corrected chi connectivity index (χ2v) is 5.14. The van der Waals surface area contributed by atoms with Gasteiger partial charge in [-0.3, -0.25) is 4.79 Å². The highest BCUT2D eigenvalue weighted by atomic mass is 19.1. The predicted molar refractivity (Wildman–Crippen MR) is 92.9 cm³/mol. The number of carbonyl (C=O) groups is 1. The lowest BCUT2D eigenvalue weighted by Crippen LogP contribution is -2.09. The van der Waals surface area contributed by atoms with Crippen LogP contribution in [0.4, 0.5) is 10.1 Å². The quantitative estimate of drug-likeness (QED) is 0.814. The number of nitriles is 1. The second kappa shape index (κ2) is 8.50. The molecule has 25 heavy (non-hydrogen) atoms. The van der Waals surface area contributed by atoms with Gasteiger partial charge in [-0.25, -0.2) is 4.39 Å². The molecule has 0 saturated carbocycles. The van der Waals surface area contributed by atoms with E-state index < -0.39 is 0 Å². The van der Waals surface area contributed by atoms with E-state index in [1.54, 1.807) is 31.2 Å². The molecule has 2 rings (SSSR count). The number of ether oxygens (including phenoxy) is 2. The molecule has 0 bridgehead atoms. The number of nitrogens with one attached hydrogen (secondary N) is 1. The number of benzene rings is 2. The summed E-state index contributed by atoms with van der Waals surface area (Å²) in [6.45, 7) is 1.64. The summed E-state index contributed by atoms with van der Waals surface area (Å²) in [6.07, 6.45) is 2.98. The molecule has 0 aliphatic heterocycles. The Bertz CT molecular complexity index is 841. The number of rotatable bonds is 6. The van der Waals surface area contributed by atoms with Gasteiger partial charge in [0.1, 0.15) is 11.9 Å². The summed E-state index contributed by atoms with van der Waals surface area (Å²) in [5.74, 6) is 0.232. The van der Waals surface area contributed by atoms with E-state index in [4.69, 9.17) is 14.7 Å². The van der Waals surface area contributed by atoms with Crippen molar-refractivity contribution < 1.29 is 18.7 Å². The van der Waals surface area contributed by atoms with Crippen LogP contribution in [0.5, 0.6) is 11.5 Å². The number of aryl methyl sites for hydroxylation is 1. The lowest BCUT2D eigenvalue weighted by Gasteiger charge is -2.09. The van der Waals surface area contributed by atoms with Crippen LogP contribution in [-0.2, 0) is 4.79 Å². The Morgan fingerprint density at radius 1 is 1.28 bits per heavy atom. The fraction of sp³-hybridized carbons (Fsp3) is 0.158. The van der Waals surface area contributed by atoms with Gasteiger partial charge >= 0.3 is 0 Å². The zero-order valence-corrected chi connectivity index (χ0v) is 13.9. The number of anilines is 1. The van der Waals surface area contributed by atoms with Crippen LogP contribution in [-0.4, -0.2) is 19.6 Å². The minimum Gasteiger partial charge on any atom is -0.493 e. The third kappa shape index (κ3) is 5.08. The number of hydrogen-bond donors (Lipinski definition) is 1. The van der Waals surface area contributed by atoms with E-state index in [0.717, 1.165) is 5.56 Å². The number of methoxy groups -OCH3 is 1. The fourth-order valence-corrected chi connectivity index (χ4v) is 2.13. The molecule has 0 aliphatic carbocycles. The lowest BCUT2D eigenvalue weighted by molar-refractivity contribution is -0.111. The standard InChI is InChI=1S/C19H17FN2O3/c1-13-11-15(20)5-6-16(13)22-19(23)8-4-14-3-7-17(25-10-9-21)18(12-14)24-2/h3-8,11-12H,10H2,1-2H3,(H,22,23)/b8-4+. The molecule has 0 atom stereocenters. The van der Waals surface area contributed by atoms with Crippen molar-refractivity contribution in [3.63, 3.8) is 0 Å². The van der Waals surface area contributed by atoms with Gasteiger partial charge in [-0.2, -0.15) is 5.26 Å². The van der Waals surface area contributed by atoms with Crippen molar-refractivity contribution in [2.45, 2.75) is 6.92 Å². The molecule has 0 radical (unpaired) electrons. The maximum Gasteiger partial charge on any atom is 0.248 e. The van der Waals surface area contributed by atoms with Crippen LogP contribution in [0.15, 0.2) is 42.5 Å². The summed E-state index contributed by atoms with van der Waals surface area (Å²) in [4.78, 5) is 12.0. The van der Waals surface area contributed by atoms with Crippen LogP contribution in [0.3, 0.4) is 0 Å². The van der Waals surface area contributed by atoms with Crippen LogP contribution < -0.4 is 14.8 Å². The van der Waals surface area contributed by atoms with E-state index >= 15 is 0 Å². The van der Waals surface area contributed by atoms with Crippen LogP contribution in [0, 0.1) is 24.1 Å². The molecule has 5 nitrogen and oxygen atoms in total. The lowest BCUT2D eigenvalue weighted by atomic mass is 10.1. The first-order valence-electron chi connectivity index (χ1n) is 7.46. The zero-order valence-electron chi connectivity index (χ0n) is 13.9. The van der Waals surface area contributed by atoms with Crippen molar-refractivity contribution in [1.82, 2.24) is 0 Å². The highest BCUT2D eigenvalue weighted by molar-refractivity contribution is 6.02. The Balaban J connectivity index is 2.07. The van der Waals surface area contributed by atoms with Crippen molar-refractivity contribution in [2.24, 2.45) is 0 Å². The van der Waals surface area contributed by atoms with E-state index in [1.165, 1.54) is 31.4 Å². The van der Waals surface area contributed by atoms with Crippen molar-refractivity contribution in [1.29, 1.82) is 5.26 Å². The summed E-state index contributed by atoms with van der Waals surface area (Å²) in [6, 6.07) is 11.1. The topological polar surface area (TPSA) is 71.3 Å². The summed E-state index contributed by atoms with van der Waals surface area (Å²) < 4.78 is 23.5. The minimum absolute atomic E-state index is 0.0784. The molecular weight excluding hydrogens is 323 g/mol. The Morgan fingerprint density at radius 3 is 2.76 bits per heavy atom. The number of halogens is 1. The minimum atomic E-state index is -0.350. The van der Waals surface area contributed by atoms with Gasteiger partial charge in [0.2, 0.25) is 5.91 Å².